The third-order valence-corrected chi connectivity index (χ3v) is 5.07. The van der Waals surface area contributed by atoms with Gasteiger partial charge in [0.05, 0.1) is 12.6 Å². The smallest absolute Gasteiger partial charge is 0.320 e. The molecule has 0 saturated carbocycles. The van der Waals surface area contributed by atoms with Crippen molar-refractivity contribution in [2.45, 2.75) is 38.3 Å². The number of carbonyl (C=O) groups is 2. The number of hydrogen-bond donors (Lipinski definition) is 1. The summed E-state index contributed by atoms with van der Waals surface area (Å²) in [6, 6.07) is 8.91. The molecule has 1 aliphatic heterocycles. The minimum atomic E-state index is -0.847. The number of carbonyl (C=O) groups excluding carboxylic acids is 1. The lowest BCUT2D eigenvalue weighted by Gasteiger charge is -2.34. The van der Waals surface area contributed by atoms with E-state index in [0.29, 0.717) is 13.0 Å². The van der Waals surface area contributed by atoms with Crippen molar-refractivity contribution in [3.8, 4) is 0 Å². The molecule has 6 nitrogen and oxygen atoms in total. The molecule has 2 atom stereocenters. The molecule has 1 aromatic heterocycles. The van der Waals surface area contributed by atoms with E-state index in [1.807, 2.05) is 37.3 Å². The van der Waals surface area contributed by atoms with E-state index in [1.165, 1.54) is 0 Å². The first-order valence-corrected chi connectivity index (χ1v) is 8.68. The molecule has 6 heteroatoms. The van der Waals surface area contributed by atoms with Crippen LogP contribution in [0.4, 0.5) is 0 Å². The number of fused-ring (bicyclic) bond motifs is 1. The Hall–Kier alpha value is -2.34. The van der Waals surface area contributed by atoms with Crippen LogP contribution in [0.2, 0.25) is 0 Å². The van der Waals surface area contributed by atoms with Crippen LogP contribution in [-0.4, -0.2) is 53.0 Å². The predicted molar refractivity (Wildman–Crippen MR) is 94.2 cm³/mol. The molecule has 1 fully saturated rings. The number of likely N-dealkylation sites (tertiary alicyclic amines) is 1. The molecule has 2 heterocycles. The van der Waals surface area contributed by atoms with E-state index in [0.717, 1.165) is 29.6 Å². The molecule has 1 aromatic carbocycles. The Morgan fingerprint density at radius 3 is 2.84 bits per heavy atom. The Labute approximate surface area is 147 Å². The van der Waals surface area contributed by atoms with Crippen molar-refractivity contribution in [1.29, 1.82) is 0 Å². The summed E-state index contributed by atoms with van der Waals surface area (Å²) >= 11 is 0. The van der Waals surface area contributed by atoms with E-state index in [9.17, 15) is 14.7 Å². The zero-order chi connectivity index (χ0) is 18.0. The summed E-state index contributed by atoms with van der Waals surface area (Å²) in [5, 5.41) is 10.4. The van der Waals surface area contributed by atoms with Crippen molar-refractivity contribution in [2.75, 3.05) is 20.1 Å². The normalized spacial score (nSPS) is 19.7. The third-order valence-electron chi connectivity index (χ3n) is 5.07. The topological polar surface area (TPSA) is 74.0 Å². The van der Waals surface area contributed by atoms with Crippen LogP contribution in [0, 0.1) is 0 Å². The molecule has 1 amide bonds. The molecule has 3 rings (SSSR count). The van der Waals surface area contributed by atoms with Crippen LogP contribution in [-0.2, 0) is 9.59 Å². The second-order valence-corrected chi connectivity index (χ2v) is 6.69. The highest BCUT2D eigenvalue weighted by molar-refractivity contribution is 5.81. The van der Waals surface area contributed by atoms with Gasteiger partial charge < -0.3 is 14.4 Å². The summed E-state index contributed by atoms with van der Waals surface area (Å²) in [5.74, 6) is -0.216. The van der Waals surface area contributed by atoms with Crippen molar-refractivity contribution in [2.24, 2.45) is 0 Å². The third kappa shape index (κ3) is 3.69. The number of carboxylic acid groups (broad SMARTS) is 1. The summed E-state index contributed by atoms with van der Waals surface area (Å²) < 4.78 is 5.85. The number of benzene rings is 1. The molecule has 1 aliphatic rings. The average molecular weight is 344 g/mol. The van der Waals surface area contributed by atoms with Crippen LogP contribution in [0.3, 0.4) is 0 Å². The van der Waals surface area contributed by atoms with Crippen molar-refractivity contribution in [3.05, 3.63) is 36.1 Å². The first-order valence-electron chi connectivity index (χ1n) is 8.68. The zero-order valence-electron chi connectivity index (χ0n) is 14.6. The van der Waals surface area contributed by atoms with E-state index < -0.39 is 12.0 Å². The molecule has 25 heavy (non-hydrogen) atoms. The first kappa shape index (κ1) is 17.5. The molecule has 1 N–H and O–H groups in total. The summed E-state index contributed by atoms with van der Waals surface area (Å²) in [4.78, 5) is 27.5. The summed E-state index contributed by atoms with van der Waals surface area (Å²) in [6.45, 7) is 2.69. The number of para-hydroxylation sites is 1. The second-order valence-electron chi connectivity index (χ2n) is 6.69. The molecule has 134 valence electrons. The van der Waals surface area contributed by atoms with Gasteiger partial charge in [0.25, 0.3) is 0 Å². The number of nitrogens with zero attached hydrogens (tertiary/aromatic N) is 2. The second kappa shape index (κ2) is 7.27. The molecule has 0 spiro atoms. The van der Waals surface area contributed by atoms with E-state index in [4.69, 9.17) is 4.42 Å². The fourth-order valence-electron chi connectivity index (χ4n) is 3.36. The Bertz CT molecular complexity index is 737. The highest BCUT2D eigenvalue weighted by atomic mass is 16.4. The van der Waals surface area contributed by atoms with Crippen LogP contribution >= 0.6 is 0 Å². The minimum Gasteiger partial charge on any atom is -0.480 e. The van der Waals surface area contributed by atoms with Crippen LogP contribution < -0.4 is 0 Å². The van der Waals surface area contributed by atoms with Crippen LogP contribution in [0.1, 0.15) is 38.0 Å². The van der Waals surface area contributed by atoms with Crippen LogP contribution in [0.25, 0.3) is 11.0 Å². The van der Waals surface area contributed by atoms with Gasteiger partial charge in [-0.15, -0.1) is 0 Å². The summed E-state index contributed by atoms with van der Waals surface area (Å²) in [7, 11) is 1.74. The number of aliphatic carboxylic acids is 1. The minimum absolute atomic E-state index is 0.0962. The number of rotatable bonds is 5. The fraction of sp³-hybridized carbons (Fsp3) is 0.474. The van der Waals surface area contributed by atoms with E-state index in [2.05, 4.69) is 0 Å². The Balaban J connectivity index is 1.69. The Morgan fingerprint density at radius 1 is 1.36 bits per heavy atom. The van der Waals surface area contributed by atoms with Gasteiger partial charge in [0, 0.05) is 12.4 Å². The number of likely N-dealkylation sites (N-methyl/N-ethyl adjacent to an activating group) is 1. The lowest BCUT2D eigenvalue weighted by Crippen LogP contribution is -2.49. The van der Waals surface area contributed by atoms with Crippen molar-refractivity contribution in [1.82, 2.24) is 9.80 Å². The first-order chi connectivity index (χ1) is 12.0. The van der Waals surface area contributed by atoms with Gasteiger partial charge in [0.2, 0.25) is 5.91 Å². The molecule has 2 unspecified atom stereocenters. The number of carboxylic acids is 1. The van der Waals surface area contributed by atoms with Gasteiger partial charge >= 0.3 is 5.97 Å². The number of piperidine rings is 1. The van der Waals surface area contributed by atoms with Crippen molar-refractivity contribution in [3.63, 3.8) is 0 Å². The SMILES string of the molecule is CC(c1cc2ccccc2o1)N(C)C(=O)CN1CCCCC1C(=O)O. The largest absolute Gasteiger partial charge is 0.480 e. The number of furan rings is 1. The number of amides is 1. The van der Waals surface area contributed by atoms with E-state index in [1.54, 1.807) is 16.8 Å². The maximum Gasteiger partial charge on any atom is 0.320 e. The van der Waals surface area contributed by atoms with Gasteiger partial charge in [-0.3, -0.25) is 14.5 Å². The molecule has 1 saturated heterocycles. The van der Waals surface area contributed by atoms with Gasteiger partial charge in [0.1, 0.15) is 17.4 Å². The number of hydrogen-bond acceptors (Lipinski definition) is 4. The highest BCUT2D eigenvalue weighted by Crippen LogP contribution is 2.27. The van der Waals surface area contributed by atoms with Gasteiger partial charge in [0.15, 0.2) is 0 Å². The molecule has 0 bridgehead atoms. The highest BCUT2D eigenvalue weighted by Gasteiger charge is 2.31. The molecular formula is C19H24N2O4. The summed E-state index contributed by atoms with van der Waals surface area (Å²) in [5.41, 5.74) is 0.798. The van der Waals surface area contributed by atoms with Gasteiger partial charge in [-0.1, -0.05) is 24.6 Å². The quantitative estimate of drug-likeness (QED) is 0.903. The fourth-order valence-corrected chi connectivity index (χ4v) is 3.36. The van der Waals surface area contributed by atoms with E-state index >= 15 is 0 Å². The zero-order valence-corrected chi connectivity index (χ0v) is 14.6. The van der Waals surface area contributed by atoms with Gasteiger partial charge in [-0.2, -0.15) is 0 Å². The lowest BCUT2D eigenvalue weighted by atomic mass is 10.0. The standard InChI is InChI=1S/C19H24N2O4/c1-13(17-11-14-7-3-4-9-16(14)25-17)20(2)18(22)12-21-10-6-5-8-15(21)19(23)24/h3-4,7,9,11,13,15H,5-6,8,10,12H2,1-2H3,(H,23,24). The maximum absolute atomic E-state index is 12.7. The predicted octanol–water partition coefficient (Wildman–Crippen LogP) is 2.89. The van der Waals surface area contributed by atoms with Crippen LogP contribution in [0.5, 0.6) is 0 Å². The maximum atomic E-state index is 12.7. The lowest BCUT2D eigenvalue weighted by molar-refractivity contribution is -0.146. The van der Waals surface area contributed by atoms with Gasteiger partial charge in [-0.05, 0) is 38.4 Å². The monoisotopic (exact) mass is 344 g/mol. The van der Waals surface area contributed by atoms with Crippen LogP contribution in [0.15, 0.2) is 34.7 Å². The van der Waals surface area contributed by atoms with E-state index in [-0.39, 0.29) is 18.5 Å². The Morgan fingerprint density at radius 2 is 2.12 bits per heavy atom. The van der Waals surface area contributed by atoms with Crippen molar-refractivity contribution >= 4 is 22.8 Å². The average Bonchev–Trinajstić information content (AvgIpc) is 3.04. The van der Waals surface area contributed by atoms with Crippen molar-refractivity contribution < 1.29 is 19.1 Å². The molecule has 0 aliphatic carbocycles. The Kier molecular flexibility index (Phi) is 5.08. The molecule has 2 aromatic rings. The molecule has 0 radical (unpaired) electrons. The molecular weight excluding hydrogens is 320 g/mol. The summed E-state index contributed by atoms with van der Waals surface area (Å²) in [6.07, 6.45) is 2.43. The van der Waals surface area contributed by atoms with Gasteiger partial charge in [-0.25, -0.2) is 0 Å².